The molecule has 1 N–H and O–H groups in total. The lowest BCUT2D eigenvalue weighted by molar-refractivity contribution is -0.117. The van der Waals surface area contributed by atoms with E-state index in [1.54, 1.807) is 0 Å². The Labute approximate surface area is 113 Å². The van der Waals surface area contributed by atoms with Crippen molar-refractivity contribution in [2.75, 3.05) is 25.0 Å². The van der Waals surface area contributed by atoms with Gasteiger partial charge in [0.05, 0.1) is 6.54 Å². The zero-order valence-corrected chi connectivity index (χ0v) is 11.3. The average molecular weight is 260 g/mol. The van der Waals surface area contributed by atoms with Crippen LogP contribution in [-0.4, -0.2) is 36.7 Å². The molecule has 0 aliphatic carbocycles. The van der Waals surface area contributed by atoms with E-state index >= 15 is 0 Å². The lowest BCUT2D eigenvalue weighted by Crippen LogP contribution is -2.39. The highest BCUT2D eigenvalue weighted by Crippen LogP contribution is 2.15. The predicted molar refractivity (Wildman–Crippen MR) is 75.0 cm³/mol. The number of aldehydes is 1. The van der Waals surface area contributed by atoms with Gasteiger partial charge >= 0.3 is 0 Å². The van der Waals surface area contributed by atoms with E-state index in [-0.39, 0.29) is 11.8 Å². The molecule has 1 fully saturated rings. The van der Waals surface area contributed by atoms with E-state index in [2.05, 4.69) is 10.2 Å². The number of rotatable bonds is 4. The minimum Gasteiger partial charge on any atom is -0.325 e. The second-order valence-electron chi connectivity index (χ2n) is 5.16. The van der Waals surface area contributed by atoms with Crippen molar-refractivity contribution >= 4 is 17.9 Å². The molecule has 0 radical (unpaired) electrons. The monoisotopic (exact) mass is 260 g/mol. The highest BCUT2D eigenvalue weighted by atomic mass is 16.2. The van der Waals surface area contributed by atoms with Crippen LogP contribution in [-0.2, 0) is 9.59 Å². The second-order valence-corrected chi connectivity index (χ2v) is 5.16. The molecule has 1 aromatic carbocycles. The van der Waals surface area contributed by atoms with Gasteiger partial charge in [-0.1, -0.05) is 17.7 Å². The molecule has 4 nitrogen and oxygen atoms in total. The topological polar surface area (TPSA) is 49.4 Å². The Kier molecular flexibility index (Phi) is 4.68. The number of anilines is 1. The Bertz CT molecular complexity index is 434. The first-order valence-electron chi connectivity index (χ1n) is 6.71. The van der Waals surface area contributed by atoms with Crippen molar-refractivity contribution in [1.29, 1.82) is 0 Å². The summed E-state index contributed by atoms with van der Waals surface area (Å²) in [6.07, 6.45) is 2.76. The zero-order valence-electron chi connectivity index (χ0n) is 11.3. The maximum absolute atomic E-state index is 11.9. The molecule has 0 aromatic heterocycles. The summed E-state index contributed by atoms with van der Waals surface area (Å²) in [6.45, 7) is 4.07. The first-order valence-corrected chi connectivity index (χ1v) is 6.71. The summed E-state index contributed by atoms with van der Waals surface area (Å²) in [5.41, 5.74) is 2.01. The van der Waals surface area contributed by atoms with Crippen LogP contribution in [0.25, 0.3) is 0 Å². The minimum atomic E-state index is 0.00778. The number of carbonyl (C=O) groups is 2. The molecule has 0 unspecified atom stereocenters. The Morgan fingerprint density at radius 2 is 1.95 bits per heavy atom. The van der Waals surface area contributed by atoms with E-state index in [4.69, 9.17) is 0 Å². The van der Waals surface area contributed by atoms with Crippen LogP contribution in [0.15, 0.2) is 24.3 Å². The number of piperidine rings is 1. The third-order valence-electron chi connectivity index (χ3n) is 3.53. The molecule has 4 heteroatoms. The van der Waals surface area contributed by atoms with Gasteiger partial charge in [-0.3, -0.25) is 9.69 Å². The Morgan fingerprint density at radius 3 is 2.53 bits per heavy atom. The van der Waals surface area contributed by atoms with Crippen LogP contribution in [0, 0.1) is 12.8 Å². The number of hydrogen-bond acceptors (Lipinski definition) is 3. The molecule has 19 heavy (non-hydrogen) atoms. The molecule has 1 amide bonds. The van der Waals surface area contributed by atoms with Crippen LogP contribution < -0.4 is 5.32 Å². The van der Waals surface area contributed by atoms with Gasteiger partial charge in [0, 0.05) is 11.6 Å². The van der Waals surface area contributed by atoms with Crippen molar-refractivity contribution < 1.29 is 9.59 Å². The Morgan fingerprint density at radius 1 is 1.32 bits per heavy atom. The summed E-state index contributed by atoms with van der Waals surface area (Å²) in [5.74, 6) is 0.185. The van der Waals surface area contributed by atoms with Crippen LogP contribution in [0.1, 0.15) is 18.4 Å². The van der Waals surface area contributed by atoms with Gasteiger partial charge in [-0.15, -0.1) is 0 Å². The zero-order chi connectivity index (χ0) is 13.7. The van der Waals surface area contributed by atoms with Crippen molar-refractivity contribution in [3.63, 3.8) is 0 Å². The molecule has 0 bridgehead atoms. The van der Waals surface area contributed by atoms with Crippen molar-refractivity contribution in [3.05, 3.63) is 29.8 Å². The fourth-order valence-corrected chi connectivity index (χ4v) is 2.29. The average Bonchev–Trinajstić information content (AvgIpc) is 2.42. The van der Waals surface area contributed by atoms with Crippen LogP contribution in [0.5, 0.6) is 0 Å². The van der Waals surface area contributed by atoms with E-state index in [1.807, 2.05) is 31.2 Å². The molecular weight excluding hydrogens is 240 g/mol. The fourth-order valence-electron chi connectivity index (χ4n) is 2.29. The summed E-state index contributed by atoms with van der Waals surface area (Å²) in [7, 11) is 0. The number of carbonyl (C=O) groups excluding carboxylic acids is 2. The number of nitrogens with zero attached hydrogens (tertiary/aromatic N) is 1. The standard InChI is InChI=1S/C15H20N2O2/c1-12-2-4-14(5-3-12)16-15(19)10-17-8-6-13(11-18)7-9-17/h2-5,11,13H,6-10H2,1H3,(H,16,19). The molecule has 2 rings (SSSR count). The van der Waals surface area contributed by atoms with E-state index < -0.39 is 0 Å². The highest BCUT2D eigenvalue weighted by molar-refractivity contribution is 5.92. The van der Waals surface area contributed by atoms with Crippen LogP contribution in [0.4, 0.5) is 5.69 Å². The lowest BCUT2D eigenvalue weighted by atomic mass is 9.99. The third kappa shape index (κ3) is 4.17. The smallest absolute Gasteiger partial charge is 0.238 e. The van der Waals surface area contributed by atoms with Gasteiger partial charge in [-0.25, -0.2) is 0 Å². The summed E-state index contributed by atoms with van der Waals surface area (Å²) in [6, 6.07) is 7.77. The lowest BCUT2D eigenvalue weighted by Gasteiger charge is -2.28. The molecule has 102 valence electrons. The van der Waals surface area contributed by atoms with E-state index in [0.717, 1.165) is 37.9 Å². The molecule has 0 spiro atoms. The maximum Gasteiger partial charge on any atom is 0.238 e. The van der Waals surface area contributed by atoms with Gasteiger partial charge in [0.1, 0.15) is 6.29 Å². The van der Waals surface area contributed by atoms with E-state index in [0.29, 0.717) is 6.54 Å². The summed E-state index contributed by atoms with van der Waals surface area (Å²) < 4.78 is 0. The quantitative estimate of drug-likeness (QED) is 0.840. The Hall–Kier alpha value is -1.68. The van der Waals surface area contributed by atoms with Gasteiger partial charge in [-0.2, -0.15) is 0 Å². The number of likely N-dealkylation sites (tertiary alicyclic amines) is 1. The number of amides is 1. The van der Waals surface area contributed by atoms with Crippen molar-refractivity contribution in [3.8, 4) is 0 Å². The van der Waals surface area contributed by atoms with Gasteiger partial charge in [0.2, 0.25) is 5.91 Å². The van der Waals surface area contributed by atoms with Crippen LogP contribution in [0.2, 0.25) is 0 Å². The predicted octanol–water partition coefficient (Wildman–Crippen LogP) is 1.84. The molecule has 1 saturated heterocycles. The van der Waals surface area contributed by atoms with E-state index in [9.17, 15) is 9.59 Å². The summed E-state index contributed by atoms with van der Waals surface area (Å²) in [4.78, 5) is 24.7. The molecule has 1 heterocycles. The highest BCUT2D eigenvalue weighted by Gasteiger charge is 2.20. The van der Waals surface area contributed by atoms with Crippen molar-refractivity contribution in [2.45, 2.75) is 19.8 Å². The molecule has 0 saturated carbocycles. The fraction of sp³-hybridized carbons (Fsp3) is 0.467. The molecule has 1 aromatic rings. The minimum absolute atomic E-state index is 0.00778. The van der Waals surface area contributed by atoms with Gasteiger partial charge in [-0.05, 0) is 45.0 Å². The second kappa shape index (κ2) is 6.48. The summed E-state index contributed by atoms with van der Waals surface area (Å²) >= 11 is 0. The first kappa shape index (κ1) is 13.7. The van der Waals surface area contributed by atoms with Crippen LogP contribution >= 0.6 is 0 Å². The molecule has 1 aliphatic rings. The molecule has 0 atom stereocenters. The van der Waals surface area contributed by atoms with Gasteiger partial charge in [0.15, 0.2) is 0 Å². The molecular formula is C15H20N2O2. The summed E-state index contributed by atoms with van der Waals surface area (Å²) in [5, 5.41) is 2.89. The number of benzene rings is 1. The number of hydrogen-bond donors (Lipinski definition) is 1. The first-order chi connectivity index (χ1) is 9.17. The number of aryl methyl sites for hydroxylation is 1. The van der Waals surface area contributed by atoms with Gasteiger partial charge in [0.25, 0.3) is 0 Å². The number of nitrogens with one attached hydrogen (secondary N) is 1. The Balaban J connectivity index is 1.78. The molecule has 1 aliphatic heterocycles. The normalized spacial score (nSPS) is 17.1. The van der Waals surface area contributed by atoms with Crippen LogP contribution in [0.3, 0.4) is 0 Å². The SMILES string of the molecule is Cc1ccc(NC(=O)CN2CCC(C=O)CC2)cc1. The largest absolute Gasteiger partial charge is 0.325 e. The van der Waals surface area contributed by atoms with Crippen molar-refractivity contribution in [1.82, 2.24) is 4.90 Å². The van der Waals surface area contributed by atoms with Crippen molar-refractivity contribution in [2.24, 2.45) is 5.92 Å². The third-order valence-corrected chi connectivity index (χ3v) is 3.53. The van der Waals surface area contributed by atoms with Gasteiger partial charge < -0.3 is 10.1 Å². The van der Waals surface area contributed by atoms with E-state index in [1.165, 1.54) is 5.56 Å². The maximum atomic E-state index is 11.9.